The van der Waals surface area contributed by atoms with Gasteiger partial charge in [-0.05, 0) is 24.5 Å². The maximum absolute atomic E-state index is 5.98. The van der Waals surface area contributed by atoms with Crippen molar-refractivity contribution in [1.82, 2.24) is 15.6 Å². The zero-order valence-electron chi connectivity index (χ0n) is 14.9. The number of ether oxygens (including phenoxy) is 2. The van der Waals surface area contributed by atoms with Crippen LogP contribution in [0, 0.1) is 0 Å². The van der Waals surface area contributed by atoms with Gasteiger partial charge in [-0.15, -0.1) is 0 Å². The summed E-state index contributed by atoms with van der Waals surface area (Å²) in [6, 6.07) is 3.87. The molecule has 0 aromatic carbocycles. The summed E-state index contributed by atoms with van der Waals surface area (Å²) in [6.45, 7) is 2.15. The van der Waals surface area contributed by atoms with Gasteiger partial charge < -0.3 is 20.1 Å². The van der Waals surface area contributed by atoms with Crippen LogP contribution in [0.1, 0.15) is 44.1 Å². The molecule has 1 fully saturated rings. The maximum atomic E-state index is 5.98. The SMILES string of the molecule is CN=C(NCCOC1CCCCCC1)NCc1ccnc(OC)c1. The van der Waals surface area contributed by atoms with E-state index in [1.54, 1.807) is 20.4 Å². The third-order valence-electron chi connectivity index (χ3n) is 4.24. The smallest absolute Gasteiger partial charge is 0.213 e. The summed E-state index contributed by atoms with van der Waals surface area (Å²) in [7, 11) is 3.39. The highest BCUT2D eigenvalue weighted by molar-refractivity contribution is 5.79. The predicted molar refractivity (Wildman–Crippen MR) is 96.4 cm³/mol. The first kappa shape index (κ1) is 18.5. The molecule has 1 aromatic rings. The van der Waals surface area contributed by atoms with Gasteiger partial charge >= 0.3 is 0 Å². The van der Waals surface area contributed by atoms with Crippen LogP contribution >= 0.6 is 0 Å². The number of methoxy groups -OCH3 is 1. The fourth-order valence-corrected chi connectivity index (χ4v) is 2.88. The van der Waals surface area contributed by atoms with Crippen LogP contribution in [0.25, 0.3) is 0 Å². The fraction of sp³-hybridized carbons (Fsp3) is 0.667. The summed E-state index contributed by atoms with van der Waals surface area (Å²) < 4.78 is 11.1. The standard InChI is InChI=1S/C18H30N4O2/c1-19-18(22-14-15-9-10-20-17(13-15)23-2)21-11-12-24-16-7-5-3-4-6-8-16/h9-10,13,16H,3-8,11-12,14H2,1-2H3,(H2,19,21,22). The number of rotatable bonds is 7. The van der Waals surface area contributed by atoms with E-state index in [-0.39, 0.29) is 0 Å². The molecule has 0 spiro atoms. The second-order valence-electron chi connectivity index (χ2n) is 6.04. The van der Waals surface area contributed by atoms with Crippen molar-refractivity contribution >= 4 is 5.96 Å². The molecule has 0 unspecified atom stereocenters. The largest absolute Gasteiger partial charge is 0.481 e. The van der Waals surface area contributed by atoms with Gasteiger partial charge in [-0.1, -0.05) is 25.7 Å². The minimum Gasteiger partial charge on any atom is -0.481 e. The first-order valence-corrected chi connectivity index (χ1v) is 8.87. The maximum Gasteiger partial charge on any atom is 0.213 e. The number of guanidine groups is 1. The summed E-state index contributed by atoms with van der Waals surface area (Å²) in [5.74, 6) is 1.39. The van der Waals surface area contributed by atoms with Crippen molar-refractivity contribution in [3.8, 4) is 5.88 Å². The molecule has 0 bridgehead atoms. The number of aromatic nitrogens is 1. The Morgan fingerprint density at radius 1 is 1.25 bits per heavy atom. The average molecular weight is 334 g/mol. The van der Waals surface area contributed by atoms with Crippen molar-refractivity contribution in [1.29, 1.82) is 0 Å². The highest BCUT2D eigenvalue weighted by Crippen LogP contribution is 2.19. The van der Waals surface area contributed by atoms with Crippen LogP contribution < -0.4 is 15.4 Å². The Morgan fingerprint density at radius 2 is 2.04 bits per heavy atom. The Hall–Kier alpha value is -1.82. The summed E-state index contributed by atoms with van der Waals surface area (Å²) in [6.07, 6.45) is 9.91. The van der Waals surface area contributed by atoms with E-state index in [9.17, 15) is 0 Å². The number of pyridine rings is 1. The second kappa shape index (κ2) is 10.9. The van der Waals surface area contributed by atoms with Crippen LogP contribution in [-0.4, -0.2) is 44.4 Å². The Kier molecular flexibility index (Phi) is 8.38. The first-order valence-electron chi connectivity index (χ1n) is 8.87. The molecule has 0 saturated heterocycles. The molecule has 24 heavy (non-hydrogen) atoms. The molecule has 6 nitrogen and oxygen atoms in total. The van der Waals surface area contributed by atoms with Crippen LogP contribution in [0.2, 0.25) is 0 Å². The first-order chi connectivity index (χ1) is 11.8. The van der Waals surface area contributed by atoms with E-state index in [4.69, 9.17) is 9.47 Å². The van der Waals surface area contributed by atoms with Crippen molar-refractivity contribution in [2.45, 2.75) is 51.2 Å². The van der Waals surface area contributed by atoms with E-state index in [1.807, 2.05) is 12.1 Å². The lowest BCUT2D eigenvalue weighted by Crippen LogP contribution is -2.38. The molecule has 1 saturated carbocycles. The quantitative estimate of drug-likeness (QED) is 0.347. The number of hydrogen-bond acceptors (Lipinski definition) is 4. The molecule has 2 rings (SSSR count). The van der Waals surface area contributed by atoms with E-state index in [1.165, 1.54) is 38.5 Å². The molecule has 0 aliphatic heterocycles. The molecule has 0 atom stereocenters. The molecule has 134 valence electrons. The topological polar surface area (TPSA) is 67.8 Å². The van der Waals surface area contributed by atoms with Crippen LogP contribution in [-0.2, 0) is 11.3 Å². The second-order valence-corrected chi connectivity index (χ2v) is 6.04. The van der Waals surface area contributed by atoms with Crippen LogP contribution in [0.4, 0.5) is 0 Å². The van der Waals surface area contributed by atoms with Crippen molar-refractivity contribution in [3.63, 3.8) is 0 Å². The van der Waals surface area contributed by atoms with Crippen molar-refractivity contribution in [3.05, 3.63) is 23.9 Å². The van der Waals surface area contributed by atoms with Crippen LogP contribution in [0.15, 0.2) is 23.3 Å². The molecule has 0 radical (unpaired) electrons. The zero-order chi connectivity index (χ0) is 17.0. The van der Waals surface area contributed by atoms with Gasteiger partial charge in [-0.25, -0.2) is 4.98 Å². The van der Waals surface area contributed by atoms with Crippen molar-refractivity contribution in [2.75, 3.05) is 27.3 Å². The highest BCUT2D eigenvalue weighted by Gasteiger charge is 2.12. The van der Waals surface area contributed by atoms with Crippen LogP contribution in [0.5, 0.6) is 5.88 Å². The molecular weight excluding hydrogens is 304 g/mol. The third kappa shape index (κ3) is 6.74. The molecule has 2 N–H and O–H groups in total. The van der Waals surface area contributed by atoms with Gasteiger partial charge in [0.05, 0.1) is 19.8 Å². The van der Waals surface area contributed by atoms with Crippen molar-refractivity contribution < 1.29 is 9.47 Å². The number of hydrogen-bond donors (Lipinski definition) is 2. The Labute approximate surface area is 145 Å². The molecule has 1 aliphatic rings. The monoisotopic (exact) mass is 334 g/mol. The number of nitrogens with one attached hydrogen (secondary N) is 2. The van der Waals surface area contributed by atoms with E-state index in [0.29, 0.717) is 25.1 Å². The van der Waals surface area contributed by atoms with Gasteiger partial charge in [0, 0.05) is 32.4 Å². The summed E-state index contributed by atoms with van der Waals surface area (Å²) in [5.41, 5.74) is 1.10. The number of aliphatic imine (C=N–C) groups is 1. The van der Waals surface area contributed by atoms with Crippen LogP contribution in [0.3, 0.4) is 0 Å². The zero-order valence-corrected chi connectivity index (χ0v) is 14.9. The molecule has 1 aliphatic carbocycles. The van der Waals surface area contributed by atoms with Crippen molar-refractivity contribution in [2.24, 2.45) is 4.99 Å². The summed E-state index contributed by atoms with van der Waals surface area (Å²) in [5, 5.41) is 6.58. The number of nitrogens with zero attached hydrogens (tertiary/aromatic N) is 2. The summed E-state index contributed by atoms with van der Waals surface area (Å²) in [4.78, 5) is 8.34. The van der Waals surface area contributed by atoms with Gasteiger partial charge in [0.1, 0.15) is 0 Å². The Morgan fingerprint density at radius 3 is 2.75 bits per heavy atom. The molecule has 0 amide bonds. The molecular formula is C18H30N4O2. The summed E-state index contributed by atoms with van der Waals surface area (Å²) >= 11 is 0. The lowest BCUT2D eigenvalue weighted by molar-refractivity contribution is 0.0468. The van der Waals surface area contributed by atoms with E-state index < -0.39 is 0 Å². The van der Waals surface area contributed by atoms with Gasteiger partial charge in [0.25, 0.3) is 0 Å². The fourth-order valence-electron chi connectivity index (χ4n) is 2.88. The lowest BCUT2D eigenvalue weighted by atomic mass is 10.1. The normalized spacial score (nSPS) is 16.5. The predicted octanol–water partition coefficient (Wildman–Crippen LogP) is 2.49. The minimum absolute atomic E-state index is 0.438. The third-order valence-corrected chi connectivity index (χ3v) is 4.24. The average Bonchev–Trinajstić information content (AvgIpc) is 2.90. The highest BCUT2D eigenvalue weighted by atomic mass is 16.5. The minimum atomic E-state index is 0.438. The van der Waals surface area contributed by atoms with Gasteiger partial charge in [-0.3, -0.25) is 4.99 Å². The van der Waals surface area contributed by atoms with Gasteiger partial charge in [0.15, 0.2) is 5.96 Å². The molecule has 6 heteroatoms. The lowest BCUT2D eigenvalue weighted by Gasteiger charge is -2.17. The van der Waals surface area contributed by atoms with Gasteiger partial charge in [0.2, 0.25) is 5.88 Å². The van der Waals surface area contributed by atoms with Gasteiger partial charge in [-0.2, -0.15) is 0 Å². The Balaban J connectivity index is 1.64. The van der Waals surface area contributed by atoms with E-state index in [2.05, 4.69) is 20.6 Å². The van der Waals surface area contributed by atoms with E-state index in [0.717, 1.165) is 18.1 Å². The van der Waals surface area contributed by atoms with E-state index >= 15 is 0 Å². The molecule has 1 aromatic heterocycles. The molecule has 1 heterocycles. The Bertz CT molecular complexity index is 500.